The lowest BCUT2D eigenvalue weighted by atomic mass is 10.1. The predicted octanol–water partition coefficient (Wildman–Crippen LogP) is 4.40. The molecule has 3 aromatic rings. The molecule has 0 aliphatic heterocycles. The van der Waals surface area contributed by atoms with Gasteiger partial charge >= 0.3 is 0 Å². The molecule has 0 saturated heterocycles. The maximum absolute atomic E-state index is 12.9. The second-order valence-corrected chi connectivity index (χ2v) is 7.51. The number of carbonyl (C=O) groups excluding carboxylic acids is 1. The Hall–Kier alpha value is -3.19. The Balaban J connectivity index is 1.73. The van der Waals surface area contributed by atoms with Crippen molar-refractivity contribution >= 4 is 23.3 Å². The third-order valence-corrected chi connectivity index (χ3v) is 4.76. The molecule has 2 aromatic carbocycles. The van der Waals surface area contributed by atoms with Gasteiger partial charge in [-0.3, -0.25) is 4.79 Å². The minimum atomic E-state index is -1.11. The fraction of sp³-hybridized carbons (Fsp3) is 0.273. The Bertz CT molecular complexity index is 1020. The van der Waals surface area contributed by atoms with Crippen LogP contribution in [-0.2, 0) is 11.3 Å². The van der Waals surface area contributed by atoms with Gasteiger partial charge in [0.25, 0.3) is 5.91 Å². The van der Waals surface area contributed by atoms with E-state index in [1.807, 2.05) is 12.1 Å². The summed E-state index contributed by atoms with van der Waals surface area (Å²) >= 11 is 5.90. The van der Waals surface area contributed by atoms with Gasteiger partial charge in [-0.15, -0.1) is 0 Å². The second kappa shape index (κ2) is 9.09. The van der Waals surface area contributed by atoms with Crippen molar-refractivity contribution in [3.63, 3.8) is 0 Å². The molecule has 0 spiro atoms. The number of nitrogens with zero attached hydrogens (tertiary/aromatic N) is 2. The molecule has 30 heavy (non-hydrogen) atoms. The van der Waals surface area contributed by atoms with Gasteiger partial charge in [-0.05, 0) is 50.2 Å². The lowest BCUT2D eigenvalue weighted by Crippen LogP contribution is -2.43. The van der Waals surface area contributed by atoms with Gasteiger partial charge in [0, 0.05) is 22.7 Å². The summed E-state index contributed by atoms with van der Waals surface area (Å²) in [7, 11) is 3.20. The Kier molecular flexibility index (Phi) is 6.52. The predicted molar refractivity (Wildman–Crippen MR) is 116 cm³/mol. The number of nitrogens with one attached hydrogen (secondary N) is 1. The van der Waals surface area contributed by atoms with Crippen molar-refractivity contribution < 1.29 is 19.0 Å². The summed E-state index contributed by atoms with van der Waals surface area (Å²) in [6.45, 7) is 3.81. The molecule has 0 saturated carbocycles. The van der Waals surface area contributed by atoms with Gasteiger partial charge in [-0.25, -0.2) is 4.68 Å². The van der Waals surface area contributed by atoms with Crippen LogP contribution in [0.2, 0.25) is 5.02 Å². The van der Waals surface area contributed by atoms with Crippen molar-refractivity contribution in [1.82, 2.24) is 9.78 Å². The highest BCUT2D eigenvalue weighted by molar-refractivity contribution is 6.30. The van der Waals surface area contributed by atoms with Crippen LogP contribution >= 0.6 is 11.6 Å². The summed E-state index contributed by atoms with van der Waals surface area (Å²) in [5, 5.41) is 7.81. The van der Waals surface area contributed by atoms with Crippen molar-refractivity contribution in [1.29, 1.82) is 0 Å². The van der Waals surface area contributed by atoms with E-state index >= 15 is 0 Å². The first-order valence-electron chi connectivity index (χ1n) is 9.31. The summed E-state index contributed by atoms with van der Waals surface area (Å²) in [5.41, 5.74) is -0.213. The van der Waals surface area contributed by atoms with Crippen LogP contribution in [0.1, 0.15) is 19.4 Å². The highest BCUT2D eigenvalue weighted by Gasteiger charge is 2.31. The number of anilines is 1. The molecule has 0 unspecified atom stereocenters. The Morgan fingerprint density at radius 1 is 1.07 bits per heavy atom. The molecule has 0 atom stereocenters. The summed E-state index contributed by atoms with van der Waals surface area (Å²) in [4.78, 5) is 12.9. The van der Waals surface area contributed by atoms with Crippen molar-refractivity contribution in [2.24, 2.45) is 0 Å². The molecular formula is C22H24ClN3O4. The van der Waals surface area contributed by atoms with Crippen LogP contribution < -0.4 is 19.5 Å². The molecule has 0 radical (unpaired) electrons. The van der Waals surface area contributed by atoms with Gasteiger partial charge in [0.15, 0.2) is 5.60 Å². The third-order valence-electron chi connectivity index (χ3n) is 4.51. The summed E-state index contributed by atoms with van der Waals surface area (Å²) in [5.74, 6) is 2.17. The number of benzene rings is 2. The minimum Gasteiger partial charge on any atom is -0.497 e. The molecule has 8 heteroatoms. The van der Waals surface area contributed by atoms with Gasteiger partial charge in [0.05, 0.1) is 27.0 Å². The van der Waals surface area contributed by atoms with E-state index in [0.29, 0.717) is 34.6 Å². The van der Waals surface area contributed by atoms with Crippen molar-refractivity contribution in [2.75, 3.05) is 19.5 Å². The monoisotopic (exact) mass is 429 g/mol. The van der Waals surface area contributed by atoms with Crippen LogP contribution in [0.4, 0.5) is 5.82 Å². The van der Waals surface area contributed by atoms with Crippen LogP contribution in [0.25, 0.3) is 0 Å². The van der Waals surface area contributed by atoms with Crippen LogP contribution in [0.15, 0.2) is 54.7 Å². The molecule has 158 valence electrons. The van der Waals surface area contributed by atoms with Crippen LogP contribution in [0.3, 0.4) is 0 Å². The van der Waals surface area contributed by atoms with Crippen molar-refractivity contribution in [2.45, 2.75) is 26.0 Å². The van der Waals surface area contributed by atoms with E-state index in [4.69, 9.17) is 25.8 Å². The second-order valence-electron chi connectivity index (χ2n) is 7.07. The summed E-state index contributed by atoms with van der Waals surface area (Å²) < 4.78 is 18.2. The molecule has 0 aliphatic rings. The standard InChI is InChI=1S/C22H24ClN3O4/c1-22(2,30-17-9-6-16(23)7-10-17)21(27)25-20-11-12-24-26(20)14-15-5-8-18(28-3)13-19(15)29-4/h5-13H,14H2,1-4H3,(H,25,27). The lowest BCUT2D eigenvalue weighted by molar-refractivity contribution is -0.128. The zero-order valence-corrected chi connectivity index (χ0v) is 18.1. The van der Waals surface area contributed by atoms with E-state index in [1.165, 1.54) is 0 Å². The smallest absolute Gasteiger partial charge is 0.269 e. The molecule has 1 N–H and O–H groups in total. The van der Waals surface area contributed by atoms with Gasteiger partial charge in [0.2, 0.25) is 0 Å². The zero-order chi connectivity index (χ0) is 21.7. The van der Waals surface area contributed by atoms with E-state index in [9.17, 15) is 4.79 Å². The topological polar surface area (TPSA) is 74.6 Å². The largest absolute Gasteiger partial charge is 0.497 e. The maximum Gasteiger partial charge on any atom is 0.269 e. The Morgan fingerprint density at radius 2 is 1.77 bits per heavy atom. The van der Waals surface area contributed by atoms with E-state index in [1.54, 1.807) is 75.3 Å². The number of amides is 1. The molecule has 0 fully saturated rings. The molecule has 1 heterocycles. The summed E-state index contributed by atoms with van der Waals surface area (Å²) in [6, 6.07) is 14.1. The number of carbonyl (C=O) groups is 1. The first-order valence-corrected chi connectivity index (χ1v) is 9.69. The normalized spacial score (nSPS) is 11.1. The van der Waals surface area contributed by atoms with Crippen molar-refractivity contribution in [3.05, 3.63) is 65.3 Å². The number of hydrogen-bond acceptors (Lipinski definition) is 5. The number of methoxy groups -OCH3 is 2. The van der Waals surface area contributed by atoms with Gasteiger partial charge in [-0.1, -0.05) is 11.6 Å². The molecule has 3 rings (SSSR count). The van der Waals surface area contributed by atoms with Gasteiger partial charge < -0.3 is 19.5 Å². The Morgan fingerprint density at radius 3 is 2.43 bits per heavy atom. The highest BCUT2D eigenvalue weighted by Crippen LogP contribution is 2.26. The molecule has 1 amide bonds. The van der Waals surface area contributed by atoms with Crippen molar-refractivity contribution in [3.8, 4) is 17.2 Å². The summed E-state index contributed by atoms with van der Waals surface area (Å²) in [6.07, 6.45) is 1.62. The molecule has 0 aliphatic carbocycles. The number of hydrogen-bond donors (Lipinski definition) is 1. The average Bonchev–Trinajstić information content (AvgIpc) is 3.16. The van der Waals surface area contributed by atoms with E-state index < -0.39 is 5.60 Å². The molecule has 7 nitrogen and oxygen atoms in total. The molecular weight excluding hydrogens is 406 g/mol. The van der Waals surface area contributed by atoms with E-state index in [2.05, 4.69) is 10.4 Å². The van der Waals surface area contributed by atoms with Crippen LogP contribution in [0.5, 0.6) is 17.2 Å². The third kappa shape index (κ3) is 5.04. The average molecular weight is 430 g/mol. The molecule has 1 aromatic heterocycles. The number of ether oxygens (including phenoxy) is 3. The molecule has 0 bridgehead atoms. The quantitative estimate of drug-likeness (QED) is 0.574. The SMILES string of the molecule is COc1ccc(Cn2nccc2NC(=O)C(C)(C)Oc2ccc(Cl)cc2)c(OC)c1. The number of aromatic nitrogens is 2. The minimum absolute atomic E-state index is 0.305. The number of rotatable bonds is 8. The first kappa shape index (κ1) is 21.5. The van der Waals surface area contributed by atoms with Crippen LogP contribution in [0, 0.1) is 0 Å². The van der Waals surface area contributed by atoms with Crippen LogP contribution in [-0.4, -0.2) is 35.5 Å². The first-order chi connectivity index (χ1) is 14.3. The number of halogens is 1. The highest BCUT2D eigenvalue weighted by atomic mass is 35.5. The van der Waals surface area contributed by atoms with Gasteiger partial charge in [-0.2, -0.15) is 5.10 Å². The van der Waals surface area contributed by atoms with Gasteiger partial charge in [0.1, 0.15) is 23.1 Å². The van der Waals surface area contributed by atoms with E-state index in [-0.39, 0.29) is 5.91 Å². The zero-order valence-electron chi connectivity index (χ0n) is 17.3. The fourth-order valence-corrected chi connectivity index (χ4v) is 2.95. The maximum atomic E-state index is 12.9. The Labute approximate surface area is 180 Å². The van der Waals surface area contributed by atoms with E-state index in [0.717, 1.165) is 5.56 Å². The lowest BCUT2D eigenvalue weighted by Gasteiger charge is -2.25. The fourth-order valence-electron chi connectivity index (χ4n) is 2.82.